The van der Waals surface area contributed by atoms with Crippen molar-refractivity contribution >= 4 is 18.1 Å². The normalized spacial score (nSPS) is 11.5. The summed E-state index contributed by atoms with van der Waals surface area (Å²) in [6, 6.07) is 11.5. The van der Waals surface area contributed by atoms with Crippen molar-refractivity contribution in [1.29, 1.82) is 0 Å². The van der Waals surface area contributed by atoms with Crippen LogP contribution >= 0.6 is 0 Å². The molecule has 0 aliphatic heterocycles. The zero-order valence-electron chi connectivity index (χ0n) is 15.7. The predicted molar refractivity (Wildman–Crippen MR) is 102 cm³/mol. The average Bonchev–Trinajstić information content (AvgIpc) is 3.35. The first-order chi connectivity index (χ1) is 13.3. The molecule has 1 amide bonds. The van der Waals surface area contributed by atoms with Crippen molar-refractivity contribution in [3.63, 3.8) is 0 Å². The number of carbonyl (C=O) groups is 2. The van der Waals surface area contributed by atoms with Gasteiger partial charge >= 0.3 is 5.97 Å². The van der Waals surface area contributed by atoms with Crippen LogP contribution < -0.4 is 10.2 Å². The van der Waals surface area contributed by atoms with Gasteiger partial charge in [-0.3, -0.25) is 9.89 Å². The van der Waals surface area contributed by atoms with E-state index >= 15 is 0 Å². The number of furan rings is 1. The average molecular weight is 380 g/mol. The fourth-order valence-electron chi connectivity index (χ4n) is 2.22. The Hall–Kier alpha value is -3.68. The molecule has 3 rings (SSSR count). The minimum atomic E-state index is -0.577. The van der Waals surface area contributed by atoms with Crippen molar-refractivity contribution in [3.8, 4) is 5.75 Å². The highest BCUT2D eigenvalue weighted by Crippen LogP contribution is 2.20. The smallest absolute Gasteiger partial charge is 0.379 e. The zero-order valence-corrected chi connectivity index (χ0v) is 15.7. The zero-order chi connectivity index (χ0) is 20.1. The van der Waals surface area contributed by atoms with Gasteiger partial charge in [-0.15, -0.1) is 0 Å². The van der Waals surface area contributed by atoms with E-state index < -0.39 is 11.9 Å². The van der Waals surface area contributed by atoms with E-state index in [9.17, 15) is 9.59 Å². The largest absolute Gasteiger partial charge is 0.457 e. The van der Waals surface area contributed by atoms with Crippen molar-refractivity contribution in [2.24, 2.45) is 5.10 Å². The summed E-state index contributed by atoms with van der Waals surface area (Å²) >= 11 is 0. The number of aromatic amines is 1. The minimum Gasteiger partial charge on any atom is -0.457 e. The molecule has 2 heterocycles. The highest BCUT2D eigenvalue weighted by Gasteiger charge is 2.19. The summed E-state index contributed by atoms with van der Waals surface area (Å²) < 4.78 is 10.2. The number of rotatable bonds is 5. The third-order valence-electron chi connectivity index (χ3n) is 3.81. The van der Waals surface area contributed by atoms with Crippen molar-refractivity contribution < 1.29 is 18.7 Å². The van der Waals surface area contributed by atoms with Crippen molar-refractivity contribution in [1.82, 2.24) is 15.6 Å². The SMILES string of the molecule is CC(C)(C)c1cc(C(=O)N/N=C/c2ccc(OC(=O)c3ccco3)cc2)n[nH]1. The molecule has 28 heavy (non-hydrogen) atoms. The molecule has 3 aromatic rings. The summed E-state index contributed by atoms with van der Waals surface area (Å²) in [6.45, 7) is 6.07. The first kappa shape index (κ1) is 19.1. The van der Waals surface area contributed by atoms with Crippen molar-refractivity contribution in [2.75, 3.05) is 0 Å². The molecule has 144 valence electrons. The number of nitrogens with zero attached hydrogens (tertiary/aromatic N) is 2. The van der Waals surface area contributed by atoms with Crippen LogP contribution in [-0.2, 0) is 5.41 Å². The Balaban J connectivity index is 1.55. The van der Waals surface area contributed by atoms with Gasteiger partial charge in [0, 0.05) is 11.1 Å². The van der Waals surface area contributed by atoms with Gasteiger partial charge in [-0.25, -0.2) is 10.2 Å². The molecule has 0 aliphatic rings. The first-order valence-corrected chi connectivity index (χ1v) is 8.58. The lowest BCUT2D eigenvalue weighted by atomic mass is 9.92. The molecular formula is C20H20N4O4. The monoisotopic (exact) mass is 380 g/mol. The van der Waals surface area contributed by atoms with E-state index in [-0.39, 0.29) is 16.9 Å². The number of nitrogens with one attached hydrogen (secondary N) is 2. The number of esters is 1. The van der Waals surface area contributed by atoms with Crippen molar-refractivity contribution in [3.05, 3.63) is 71.4 Å². The second-order valence-electron chi connectivity index (χ2n) is 7.05. The molecule has 8 nitrogen and oxygen atoms in total. The minimum absolute atomic E-state index is 0.126. The van der Waals surface area contributed by atoms with E-state index in [1.807, 2.05) is 20.8 Å². The summed E-state index contributed by atoms with van der Waals surface area (Å²) in [7, 11) is 0. The molecule has 0 atom stereocenters. The Morgan fingerprint density at radius 1 is 1.21 bits per heavy atom. The lowest BCUT2D eigenvalue weighted by Gasteiger charge is -2.14. The highest BCUT2D eigenvalue weighted by atomic mass is 16.5. The molecule has 1 aromatic carbocycles. The molecule has 0 spiro atoms. The van der Waals surface area contributed by atoms with E-state index in [1.165, 1.54) is 18.5 Å². The lowest BCUT2D eigenvalue weighted by molar-refractivity contribution is 0.0701. The van der Waals surface area contributed by atoms with Gasteiger partial charge in [0.15, 0.2) is 5.69 Å². The van der Waals surface area contributed by atoms with Gasteiger partial charge in [-0.05, 0) is 48.0 Å². The second-order valence-corrected chi connectivity index (χ2v) is 7.05. The number of hydrogen-bond acceptors (Lipinski definition) is 6. The topological polar surface area (TPSA) is 110 Å². The standard InChI is InChI=1S/C20H20N4O4/c1-20(2,3)17-11-15(22-23-17)18(25)24-21-12-13-6-8-14(9-7-13)28-19(26)16-5-4-10-27-16/h4-12H,1-3H3,(H,22,23)(H,24,25)/b21-12+. The molecule has 0 fully saturated rings. The Morgan fingerprint density at radius 3 is 2.57 bits per heavy atom. The van der Waals surface area contributed by atoms with Crippen LogP contribution in [-0.4, -0.2) is 28.3 Å². The maximum atomic E-state index is 12.1. The van der Waals surface area contributed by atoms with Gasteiger partial charge in [-0.2, -0.15) is 10.2 Å². The molecule has 0 saturated heterocycles. The van der Waals surface area contributed by atoms with Crippen LogP contribution in [0.5, 0.6) is 5.75 Å². The summed E-state index contributed by atoms with van der Waals surface area (Å²) in [4.78, 5) is 23.9. The molecular weight excluding hydrogens is 360 g/mol. The molecule has 0 unspecified atom stereocenters. The van der Waals surface area contributed by atoms with Gasteiger partial charge in [-0.1, -0.05) is 20.8 Å². The molecule has 0 aliphatic carbocycles. The van der Waals surface area contributed by atoms with Crippen LogP contribution in [0, 0.1) is 0 Å². The van der Waals surface area contributed by atoms with Gasteiger partial charge in [0.05, 0.1) is 12.5 Å². The third-order valence-corrected chi connectivity index (χ3v) is 3.81. The van der Waals surface area contributed by atoms with Crippen LogP contribution in [0.4, 0.5) is 0 Å². The number of aromatic nitrogens is 2. The van der Waals surface area contributed by atoms with Gasteiger partial charge < -0.3 is 9.15 Å². The van der Waals surface area contributed by atoms with E-state index in [2.05, 4.69) is 20.7 Å². The second kappa shape index (κ2) is 7.91. The van der Waals surface area contributed by atoms with Gasteiger partial charge in [0.1, 0.15) is 5.75 Å². The quantitative estimate of drug-likeness (QED) is 0.305. The number of amides is 1. The van der Waals surface area contributed by atoms with E-state index in [0.29, 0.717) is 5.75 Å². The number of carbonyl (C=O) groups excluding carboxylic acids is 2. The molecule has 2 N–H and O–H groups in total. The third kappa shape index (κ3) is 4.73. The maximum absolute atomic E-state index is 12.1. The molecule has 0 saturated carbocycles. The fourth-order valence-corrected chi connectivity index (χ4v) is 2.22. The summed E-state index contributed by atoms with van der Waals surface area (Å²) in [5, 5.41) is 10.8. The Morgan fingerprint density at radius 2 is 1.96 bits per heavy atom. The first-order valence-electron chi connectivity index (χ1n) is 8.58. The lowest BCUT2D eigenvalue weighted by Crippen LogP contribution is -2.18. The summed E-state index contributed by atoms with van der Waals surface area (Å²) in [5.41, 5.74) is 4.15. The van der Waals surface area contributed by atoms with Gasteiger partial charge in [0.2, 0.25) is 5.76 Å². The Kier molecular flexibility index (Phi) is 5.39. The molecule has 2 aromatic heterocycles. The van der Waals surface area contributed by atoms with E-state index in [1.54, 1.807) is 36.4 Å². The number of benzene rings is 1. The number of hydrogen-bond donors (Lipinski definition) is 2. The van der Waals surface area contributed by atoms with Crippen LogP contribution in [0.3, 0.4) is 0 Å². The number of H-pyrrole nitrogens is 1. The number of ether oxygens (including phenoxy) is 1. The van der Waals surface area contributed by atoms with E-state index in [0.717, 1.165) is 11.3 Å². The maximum Gasteiger partial charge on any atom is 0.379 e. The van der Waals surface area contributed by atoms with Crippen LogP contribution in [0.15, 0.2) is 58.2 Å². The summed E-state index contributed by atoms with van der Waals surface area (Å²) in [6.07, 6.45) is 2.88. The van der Waals surface area contributed by atoms with E-state index in [4.69, 9.17) is 9.15 Å². The van der Waals surface area contributed by atoms with Crippen LogP contribution in [0.25, 0.3) is 0 Å². The fraction of sp³-hybridized carbons (Fsp3) is 0.200. The molecule has 0 bridgehead atoms. The molecule has 0 radical (unpaired) electrons. The predicted octanol–water partition coefficient (Wildman–Crippen LogP) is 3.28. The van der Waals surface area contributed by atoms with Gasteiger partial charge in [0.25, 0.3) is 5.91 Å². The Bertz CT molecular complexity index is 980. The Labute approximate surface area is 161 Å². The van der Waals surface area contributed by atoms with Crippen LogP contribution in [0.2, 0.25) is 0 Å². The van der Waals surface area contributed by atoms with Crippen molar-refractivity contribution in [2.45, 2.75) is 26.2 Å². The van der Waals surface area contributed by atoms with Crippen LogP contribution in [0.1, 0.15) is 53.1 Å². The summed E-state index contributed by atoms with van der Waals surface area (Å²) in [5.74, 6) is -0.491. The highest BCUT2D eigenvalue weighted by molar-refractivity contribution is 5.93. The molecule has 8 heteroatoms. The number of hydrazone groups is 1.